The molecule has 2 heterocycles. The Kier molecular flexibility index (Phi) is 4.49. The van der Waals surface area contributed by atoms with Crippen LogP contribution in [0.25, 0.3) is 0 Å². The van der Waals surface area contributed by atoms with Crippen LogP contribution >= 0.6 is 11.6 Å². The lowest BCUT2D eigenvalue weighted by molar-refractivity contribution is -0.918. The Balaban J connectivity index is 1.75. The molecule has 1 unspecified atom stereocenters. The quantitative estimate of drug-likeness (QED) is 0.642. The molecule has 4 nitrogen and oxygen atoms in total. The molecule has 1 saturated heterocycles. The van der Waals surface area contributed by atoms with Crippen LogP contribution in [-0.4, -0.2) is 25.3 Å². The summed E-state index contributed by atoms with van der Waals surface area (Å²) < 4.78 is 0. The number of likely N-dealkylation sites (N-methyl/N-ethyl adjacent to an activating group) is 1. The summed E-state index contributed by atoms with van der Waals surface area (Å²) in [5, 5.41) is 3.59. The number of nitrogens with one attached hydrogen (secondary N) is 2. The van der Waals surface area contributed by atoms with Crippen LogP contribution < -0.4 is 10.2 Å². The summed E-state index contributed by atoms with van der Waals surface area (Å²) in [4.78, 5) is 28.5. The van der Waals surface area contributed by atoms with Crippen molar-refractivity contribution in [2.75, 3.05) is 18.9 Å². The van der Waals surface area contributed by atoms with Crippen molar-refractivity contribution in [3.8, 4) is 0 Å². The minimum atomic E-state index is -1.02. The van der Waals surface area contributed by atoms with Crippen LogP contribution in [0.4, 0.5) is 5.69 Å². The van der Waals surface area contributed by atoms with Crippen molar-refractivity contribution in [1.29, 1.82) is 0 Å². The summed E-state index contributed by atoms with van der Waals surface area (Å²) in [6, 6.07) is 24.8. The number of fused-ring (bicyclic) bond motifs is 2. The first-order valence-corrected chi connectivity index (χ1v) is 10.5. The van der Waals surface area contributed by atoms with Gasteiger partial charge < -0.3 is 10.2 Å². The number of quaternary nitrogens is 1. The van der Waals surface area contributed by atoms with Gasteiger partial charge in [0.2, 0.25) is 5.54 Å². The highest BCUT2D eigenvalue weighted by Crippen LogP contribution is 2.49. The van der Waals surface area contributed by atoms with E-state index in [0.717, 1.165) is 21.7 Å². The number of benzene rings is 3. The number of hydrogen-bond acceptors (Lipinski definition) is 2. The highest BCUT2D eigenvalue weighted by molar-refractivity contribution is 6.31. The van der Waals surface area contributed by atoms with Gasteiger partial charge in [0, 0.05) is 16.1 Å². The zero-order valence-corrected chi connectivity index (χ0v) is 17.3. The van der Waals surface area contributed by atoms with Crippen LogP contribution in [0.3, 0.4) is 0 Å². The largest absolute Gasteiger partial charge is 0.320 e. The van der Waals surface area contributed by atoms with Crippen LogP contribution in [0.5, 0.6) is 0 Å². The van der Waals surface area contributed by atoms with Gasteiger partial charge >= 0.3 is 0 Å². The number of halogens is 1. The second-order valence-corrected chi connectivity index (χ2v) is 8.60. The number of anilines is 1. The Hall–Kier alpha value is -2.95. The number of rotatable bonds is 3. The van der Waals surface area contributed by atoms with Gasteiger partial charge in [0.25, 0.3) is 5.91 Å². The third kappa shape index (κ3) is 2.64. The van der Waals surface area contributed by atoms with E-state index in [0.29, 0.717) is 17.1 Å². The molecule has 2 N–H and O–H groups in total. The predicted molar refractivity (Wildman–Crippen MR) is 117 cm³/mol. The minimum absolute atomic E-state index is 0.00993. The number of likely N-dealkylation sites (tertiary alicyclic amines) is 1. The molecule has 5 rings (SSSR count). The summed E-state index contributed by atoms with van der Waals surface area (Å²) >= 11 is 6.34. The molecule has 1 spiro atoms. The van der Waals surface area contributed by atoms with E-state index in [2.05, 4.69) is 5.32 Å². The second-order valence-electron chi connectivity index (χ2n) is 8.16. The van der Waals surface area contributed by atoms with E-state index in [1.54, 1.807) is 6.07 Å². The number of carbonyl (C=O) groups is 2. The molecule has 2 aliphatic rings. The molecule has 0 saturated carbocycles. The van der Waals surface area contributed by atoms with E-state index in [1.807, 2.05) is 79.8 Å². The van der Waals surface area contributed by atoms with Crippen LogP contribution in [-0.2, 0) is 10.3 Å². The fourth-order valence-electron chi connectivity index (χ4n) is 5.38. The number of Topliss-reactive ketones (excluding diaryl/α,β-unsaturated/α-hetero) is 1. The summed E-state index contributed by atoms with van der Waals surface area (Å²) in [5.41, 5.74) is 2.23. The third-order valence-corrected chi connectivity index (χ3v) is 6.88. The summed E-state index contributed by atoms with van der Waals surface area (Å²) in [6.45, 7) is 0.673. The van der Waals surface area contributed by atoms with E-state index in [1.165, 1.54) is 0 Å². The van der Waals surface area contributed by atoms with Crippen molar-refractivity contribution in [2.45, 2.75) is 11.5 Å². The minimum Gasteiger partial charge on any atom is -0.320 e. The van der Waals surface area contributed by atoms with Crippen molar-refractivity contribution in [1.82, 2.24) is 0 Å². The van der Waals surface area contributed by atoms with Crippen molar-refractivity contribution in [3.05, 3.63) is 101 Å². The monoisotopic (exact) mass is 417 g/mol. The average Bonchev–Trinajstić information content (AvgIpc) is 3.24. The van der Waals surface area contributed by atoms with Gasteiger partial charge in [-0.25, -0.2) is 0 Å². The van der Waals surface area contributed by atoms with Gasteiger partial charge in [0.1, 0.15) is 5.92 Å². The molecule has 3 aromatic carbocycles. The lowest BCUT2D eigenvalue weighted by atomic mass is 9.70. The van der Waals surface area contributed by atoms with Crippen molar-refractivity contribution in [3.63, 3.8) is 0 Å². The summed E-state index contributed by atoms with van der Waals surface area (Å²) in [7, 11) is 2.00. The normalized spacial score (nSPS) is 27.1. The van der Waals surface area contributed by atoms with Crippen LogP contribution in [0, 0.1) is 5.92 Å². The molecule has 2 aliphatic heterocycles. The molecule has 150 valence electrons. The highest BCUT2D eigenvalue weighted by Gasteiger charge is 2.68. The molecule has 0 bridgehead atoms. The van der Waals surface area contributed by atoms with Gasteiger partial charge in [-0.05, 0) is 23.8 Å². The Morgan fingerprint density at radius 2 is 1.70 bits per heavy atom. The molecule has 0 aliphatic carbocycles. The molecule has 0 radical (unpaired) electrons. The van der Waals surface area contributed by atoms with Gasteiger partial charge in [-0.2, -0.15) is 0 Å². The predicted octanol–water partition coefficient (Wildman–Crippen LogP) is 3.30. The van der Waals surface area contributed by atoms with Gasteiger partial charge in [-0.15, -0.1) is 0 Å². The average molecular weight is 418 g/mol. The maximum atomic E-state index is 14.0. The van der Waals surface area contributed by atoms with Crippen molar-refractivity contribution in [2.24, 2.45) is 5.92 Å². The molecular formula is C25H22ClN2O2+. The number of carbonyl (C=O) groups excluding carboxylic acids is 2. The van der Waals surface area contributed by atoms with Gasteiger partial charge in [0.15, 0.2) is 5.78 Å². The Bertz CT molecular complexity index is 1130. The number of amides is 1. The van der Waals surface area contributed by atoms with E-state index >= 15 is 0 Å². The molecule has 1 fully saturated rings. The van der Waals surface area contributed by atoms with Crippen LogP contribution in [0.2, 0.25) is 5.02 Å². The summed E-state index contributed by atoms with van der Waals surface area (Å²) in [5.74, 6) is -0.772. The number of hydrogen-bond donors (Lipinski definition) is 2. The topological polar surface area (TPSA) is 50.6 Å². The van der Waals surface area contributed by atoms with Crippen molar-refractivity contribution >= 4 is 29.0 Å². The molecule has 3 aromatic rings. The van der Waals surface area contributed by atoms with Crippen molar-refractivity contribution < 1.29 is 14.5 Å². The number of ketones is 1. The lowest BCUT2D eigenvalue weighted by Crippen LogP contribution is -3.15. The fourth-order valence-corrected chi connectivity index (χ4v) is 5.55. The standard InChI is InChI=1S/C25H21ClN2O2/c1-28-15-19(16-8-4-2-5-9-16)22(23(29)17-10-6-3-7-11-17)25(28)20-14-18(26)12-13-21(20)27-24(25)30/h2-14,19,22H,15H2,1H3,(H,27,30)/p+1/t19-,22-,25+/m1/s1. The molecule has 5 heteroatoms. The Labute approximate surface area is 180 Å². The van der Waals surface area contributed by atoms with Gasteiger partial charge in [-0.3, -0.25) is 9.59 Å². The fraction of sp³-hybridized carbons (Fsp3) is 0.200. The lowest BCUT2D eigenvalue weighted by Gasteiger charge is -2.32. The van der Waals surface area contributed by atoms with Gasteiger partial charge in [-0.1, -0.05) is 72.3 Å². The molecule has 1 amide bonds. The molecule has 4 atom stereocenters. The molecular weight excluding hydrogens is 396 g/mol. The van der Waals surface area contributed by atoms with Crippen LogP contribution in [0.15, 0.2) is 78.9 Å². The third-order valence-electron chi connectivity index (χ3n) is 6.65. The zero-order chi connectivity index (χ0) is 20.9. The second kappa shape index (κ2) is 7.08. The smallest absolute Gasteiger partial charge is 0.291 e. The van der Waals surface area contributed by atoms with Crippen LogP contribution in [0.1, 0.15) is 27.4 Å². The summed E-state index contributed by atoms with van der Waals surface area (Å²) in [6.07, 6.45) is 0. The highest BCUT2D eigenvalue weighted by atomic mass is 35.5. The van der Waals surface area contributed by atoms with E-state index in [4.69, 9.17) is 11.6 Å². The van der Waals surface area contributed by atoms with Gasteiger partial charge in [0.05, 0.1) is 25.2 Å². The first-order valence-electron chi connectivity index (χ1n) is 10.1. The maximum absolute atomic E-state index is 14.0. The molecule has 30 heavy (non-hydrogen) atoms. The first kappa shape index (κ1) is 19.0. The first-order chi connectivity index (χ1) is 14.5. The zero-order valence-electron chi connectivity index (χ0n) is 16.6. The Morgan fingerprint density at radius 1 is 1.03 bits per heavy atom. The van der Waals surface area contributed by atoms with E-state index in [-0.39, 0.29) is 17.6 Å². The Morgan fingerprint density at radius 3 is 2.40 bits per heavy atom. The molecule has 0 aromatic heterocycles. The SMILES string of the molecule is C[NH+]1C[C@H](c2ccccc2)[C@H](C(=O)c2ccccc2)[C@@]12C(=O)Nc1ccc(Cl)cc12. The van der Waals surface area contributed by atoms with E-state index < -0.39 is 11.5 Å². The maximum Gasteiger partial charge on any atom is 0.291 e. The van der Waals surface area contributed by atoms with E-state index in [9.17, 15) is 9.59 Å².